The first-order valence-corrected chi connectivity index (χ1v) is 17.6. The Morgan fingerprint density at radius 2 is 1.37 bits per heavy atom. The Kier molecular flexibility index (Phi) is 6.67. The highest BCUT2D eigenvalue weighted by molar-refractivity contribution is 6.13. The van der Waals surface area contributed by atoms with Crippen LogP contribution in [0.1, 0.15) is 26.3 Å². The molecule has 9 aromatic rings. The molecule has 10 rings (SSSR count). The van der Waals surface area contributed by atoms with Crippen LogP contribution in [0.2, 0.25) is 0 Å². The molecular weight excluding hydrogens is 643 g/mol. The zero-order chi connectivity index (χ0) is 35.0. The van der Waals surface area contributed by atoms with Gasteiger partial charge in [0, 0.05) is 46.4 Å². The molecule has 0 radical (unpaired) electrons. The van der Waals surface area contributed by atoms with Gasteiger partial charge in [0.05, 0.1) is 27.8 Å². The molecule has 0 saturated carbocycles. The summed E-state index contributed by atoms with van der Waals surface area (Å²) in [5.41, 5.74) is 8.24. The van der Waals surface area contributed by atoms with Gasteiger partial charge in [-0.15, -0.1) is 0 Å². The van der Waals surface area contributed by atoms with E-state index < -0.39 is 0 Å². The molecule has 0 amide bonds. The number of furan rings is 1. The molecule has 7 nitrogen and oxygen atoms in total. The predicted octanol–water partition coefficient (Wildman–Crippen LogP) is 11.8. The molecule has 1 aliphatic rings. The van der Waals surface area contributed by atoms with Gasteiger partial charge in [-0.1, -0.05) is 69.3 Å². The van der Waals surface area contributed by atoms with Crippen LogP contribution in [0.15, 0.2) is 150 Å². The van der Waals surface area contributed by atoms with E-state index in [-0.39, 0.29) is 5.41 Å². The highest BCUT2D eigenvalue weighted by atomic mass is 16.5. The Labute approximate surface area is 300 Å². The number of fused-ring (bicyclic) bond motifs is 7. The maximum atomic E-state index is 6.64. The minimum Gasteiger partial charge on any atom is -0.457 e. The summed E-state index contributed by atoms with van der Waals surface area (Å²) in [5, 5.41) is 4.53. The fraction of sp³-hybridized carbons (Fsp3) is 0.111. The Bertz CT molecular complexity index is 2830. The van der Waals surface area contributed by atoms with Crippen molar-refractivity contribution in [3.8, 4) is 17.3 Å². The summed E-state index contributed by atoms with van der Waals surface area (Å²) < 4.78 is 15.1. The summed E-state index contributed by atoms with van der Waals surface area (Å²) >= 11 is 0. The van der Waals surface area contributed by atoms with Crippen molar-refractivity contribution in [2.45, 2.75) is 26.2 Å². The molecule has 0 saturated heterocycles. The van der Waals surface area contributed by atoms with Gasteiger partial charge in [-0.3, -0.25) is 4.57 Å². The molecule has 0 unspecified atom stereocenters. The lowest BCUT2D eigenvalue weighted by atomic mass is 9.88. The van der Waals surface area contributed by atoms with Crippen molar-refractivity contribution in [3.05, 3.63) is 151 Å². The molecule has 52 heavy (non-hydrogen) atoms. The molecule has 0 atom stereocenters. The van der Waals surface area contributed by atoms with E-state index in [9.17, 15) is 0 Å². The second-order valence-corrected chi connectivity index (χ2v) is 14.4. The number of rotatable bonds is 5. The van der Waals surface area contributed by atoms with Crippen LogP contribution in [0, 0.1) is 0 Å². The number of hydrogen-bond donors (Lipinski definition) is 0. The van der Waals surface area contributed by atoms with Gasteiger partial charge in [0.25, 0.3) is 0 Å². The number of benzene rings is 5. The van der Waals surface area contributed by atoms with Crippen molar-refractivity contribution in [3.63, 3.8) is 0 Å². The van der Waals surface area contributed by atoms with Crippen LogP contribution in [-0.4, -0.2) is 21.2 Å². The van der Waals surface area contributed by atoms with Gasteiger partial charge in [0.2, 0.25) is 0 Å². The summed E-state index contributed by atoms with van der Waals surface area (Å²) in [6, 6.07) is 46.0. The van der Waals surface area contributed by atoms with E-state index in [1.807, 2.05) is 48.8 Å². The summed E-state index contributed by atoms with van der Waals surface area (Å²) in [6.07, 6.45) is 3.76. The van der Waals surface area contributed by atoms with Crippen molar-refractivity contribution < 1.29 is 9.15 Å². The van der Waals surface area contributed by atoms with E-state index in [0.717, 1.165) is 78.6 Å². The van der Waals surface area contributed by atoms with Crippen LogP contribution in [0.25, 0.3) is 49.6 Å². The molecular formula is C45H35N5O2. The van der Waals surface area contributed by atoms with Crippen molar-refractivity contribution in [2.75, 3.05) is 16.5 Å². The Morgan fingerprint density at radius 3 is 2.27 bits per heavy atom. The van der Waals surface area contributed by atoms with Gasteiger partial charge in [0.15, 0.2) is 5.82 Å². The average molecular weight is 678 g/mol. The Morgan fingerprint density at radius 1 is 0.596 bits per heavy atom. The van der Waals surface area contributed by atoms with E-state index in [1.54, 1.807) is 0 Å². The molecule has 0 fully saturated rings. The summed E-state index contributed by atoms with van der Waals surface area (Å²) in [7, 11) is 0. The summed E-state index contributed by atoms with van der Waals surface area (Å²) in [4.78, 5) is 14.3. The van der Waals surface area contributed by atoms with Crippen LogP contribution >= 0.6 is 0 Å². The highest BCUT2D eigenvalue weighted by Crippen LogP contribution is 2.47. The van der Waals surface area contributed by atoms with Crippen LogP contribution in [0.5, 0.6) is 11.5 Å². The van der Waals surface area contributed by atoms with Gasteiger partial charge >= 0.3 is 0 Å². The zero-order valence-corrected chi connectivity index (χ0v) is 29.1. The van der Waals surface area contributed by atoms with Gasteiger partial charge < -0.3 is 19.0 Å². The average Bonchev–Trinajstić information content (AvgIpc) is 3.84. The number of ether oxygens (including phenoxy) is 1. The van der Waals surface area contributed by atoms with Crippen molar-refractivity contribution in [1.29, 1.82) is 0 Å². The second kappa shape index (κ2) is 11.5. The number of nitrogens with zero attached hydrogens (tertiary/aromatic N) is 5. The fourth-order valence-electron chi connectivity index (χ4n) is 7.60. The Hall–Kier alpha value is -6.60. The maximum Gasteiger partial charge on any atom is 0.158 e. The zero-order valence-electron chi connectivity index (χ0n) is 29.1. The molecule has 0 aliphatic carbocycles. The first-order chi connectivity index (χ1) is 25.4. The summed E-state index contributed by atoms with van der Waals surface area (Å²) in [6.45, 7) is 7.27. The summed E-state index contributed by atoms with van der Waals surface area (Å²) in [5.74, 6) is 3.27. The molecule has 5 heterocycles. The molecule has 0 bridgehead atoms. The van der Waals surface area contributed by atoms with Gasteiger partial charge in [0.1, 0.15) is 35.2 Å². The number of para-hydroxylation sites is 2. The number of anilines is 4. The third kappa shape index (κ3) is 4.81. The monoisotopic (exact) mass is 677 g/mol. The number of pyridine rings is 2. The van der Waals surface area contributed by atoms with Crippen LogP contribution in [-0.2, 0) is 5.41 Å². The highest BCUT2D eigenvalue weighted by Gasteiger charge is 2.31. The standard InChI is InChI=1S/C45H35N5O2/c1-45(2,3)29-22-24-46-42(25-29)50-36-15-6-4-13-33(36)34-21-20-32(27-39(34)50)51-31-12-8-11-30(26-31)48-28-49(38-17-10-23-47-44(38)48)37-16-9-19-41-43(37)35-14-5-7-18-40(35)52-41/h4-27H,28H2,1-3H3. The minimum atomic E-state index is -0.000884. The number of hydrogen-bond acceptors (Lipinski definition) is 6. The topological polar surface area (TPSA) is 59.6 Å². The first kappa shape index (κ1) is 30.2. The molecule has 4 aromatic heterocycles. The van der Waals surface area contributed by atoms with Crippen LogP contribution in [0.4, 0.5) is 22.9 Å². The number of aromatic nitrogens is 3. The van der Waals surface area contributed by atoms with E-state index in [4.69, 9.17) is 19.1 Å². The van der Waals surface area contributed by atoms with Crippen LogP contribution in [0.3, 0.4) is 0 Å². The van der Waals surface area contributed by atoms with Crippen molar-refractivity contribution in [1.82, 2.24) is 14.5 Å². The second-order valence-electron chi connectivity index (χ2n) is 14.4. The lowest BCUT2D eigenvalue weighted by Crippen LogP contribution is -2.24. The molecule has 0 N–H and O–H groups in total. The molecule has 5 aromatic carbocycles. The van der Waals surface area contributed by atoms with E-state index >= 15 is 0 Å². The molecule has 0 spiro atoms. The third-order valence-corrected chi connectivity index (χ3v) is 10.1. The molecule has 7 heteroatoms. The van der Waals surface area contributed by atoms with E-state index in [1.165, 1.54) is 10.9 Å². The van der Waals surface area contributed by atoms with Gasteiger partial charge in [-0.05, 0) is 83.8 Å². The van der Waals surface area contributed by atoms with Gasteiger partial charge in [-0.2, -0.15) is 0 Å². The quantitative estimate of drug-likeness (QED) is 0.181. The maximum absolute atomic E-state index is 6.64. The predicted molar refractivity (Wildman–Crippen MR) is 211 cm³/mol. The third-order valence-electron chi connectivity index (χ3n) is 10.1. The van der Waals surface area contributed by atoms with Gasteiger partial charge in [-0.25, -0.2) is 9.97 Å². The largest absolute Gasteiger partial charge is 0.457 e. The van der Waals surface area contributed by atoms with Crippen LogP contribution < -0.4 is 14.5 Å². The fourth-order valence-corrected chi connectivity index (χ4v) is 7.60. The smallest absolute Gasteiger partial charge is 0.158 e. The van der Waals surface area contributed by atoms with E-state index in [0.29, 0.717) is 6.67 Å². The Balaban J connectivity index is 1.02. The molecule has 1 aliphatic heterocycles. The van der Waals surface area contributed by atoms with Crippen molar-refractivity contribution >= 4 is 66.6 Å². The first-order valence-electron chi connectivity index (χ1n) is 17.6. The normalized spacial score (nSPS) is 13.1. The lowest BCUT2D eigenvalue weighted by Gasteiger charge is -2.22. The minimum absolute atomic E-state index is 0.000884. The SMILES string of the molecule is CC(C)(C)c1ccnc(-n2c3ccccc3c3ccc(Oc4cccc(N5CN(c6cccc7oc8ccccc8c67)c6cccnc65)c4)cc32)c1. The van der Waals surface area contributed by atoms with Crippen molar-refractivity contribution in [2.24, 2.45) is 0 Å². The lowest BCUT2D eigenvalue weighted by molar-refractivity contribution is 0.483. The van der Waals surface area contributed by atoms with E-state index in [2.05, 4.69) is 132 Å². The molecule has 252 valence electrons.